The summed E-state index contributed by atoms with van der Waals surface area (Å²) in [7, 11) is 0. The van der Waals surface area contributed by atoms with Crippen LogP contribution in [-0.4, -0.2) is 0 Å². The third kappa shape index (κ3) is 4.11. The molecule has 7 aromatic rings. The van der Waals surface area contributed by atoms with E-state index in [4.69, 9.17) is 0 Å². The minimum atomic E-state index is -0.0945. The fraction of sp³-hybridized carbons (Fsp3) is 0.176. The number of benzene rings is 7. The highest BCUT2D eigenvalue weighted by Gasteiger charge is 2.40. The van der Waals surface area contributed by atoms with Crippen LogP contribution in [0.2, 0.25) is 0 Å². The van der Waals surface area contributed by atoms with Crippen LogP contribution < -0.4 is 4.90 Å². The minimum Gasteiger partial charge on any atom is -0.310 e. The summed E-state index contributed by atoms with van der Waals surface area (Å²) in [4.78, 5) is 2.51. The van der Waals surface area contributed by atoms with Crippen molar-refractivity contribution in [3.05, 3.63) is 185 Å². The largest absolute Gasteiger partial charge is 0.310 e. The summed E-state index contributed by atoms with van der Waals surface area (Å²) in [5.41, 5.74) is 22.3. The molecular formula is C51H43N. The Balaban J connectivity index is 1.16. The van der Waals surface area contributed by atoms with E-state index in [0.717, 1.165) is 5.69 Å². The smallest absolute Gasteiger partial charge is 0.0543 e. The van der Waals surface area contributed by atoms with Crippen LogP contribution in [0.1, 0.15) is 74.9 Å². The normalized spacial score (nSPS) is 16.0. The predicted octanol–water partition coefficient (Wildman–Crippen LogP) is 13.7. The molecule has 0 radical (unpaired) electrons. The van der Waals surface area contributed by atoms with Gasteiger partial charge in [0.15, 0.2) is 0 Å². The Morgan fingerprint density at radius 1 is 0.346 bits per heavy atom. The highest BCUT2D eigenvalue weighted by Crippen LogP contribution is 2.56. The molecule has 7 aromatic carbocycles. The molecule has 0 atom stereocenters. The van der Waals surface area contributed by atoms with Gasteiger partial charge >= 0.3 is 0 Å². The zero-order valence-electron chi connectivity index (χ0n) is 30.9. The molecule has 0 saturated carbocycles. The Kier molecular flexibility index (Phi) is 6.39. The Bertz CT molecular complexity index is 2600. The van der Waals surface area contributed by atoms with Crippen molar-refractivity contribution in [1.82, 2.24) is 0 Å². The van der Waals surface area contributed by atoms with Crippen LogP contribution >= 0.6 is 0 Å². The first-order valence-corrected chi connectivity index (χ1v) is 18.7. The zero-order chi connectivity index (χ0) is 35.6. The zero-order valence-corrected chi connectivity index (χ0v) is 30.9. The van der Waals surface area contributed by atoms with Gasteiger partial charge in [0.1, 0.15) is 0 Å². The number of rotatable bonds is 4. The highest BCUT2D eigenvalue weighted by atomic mass is 15.1. The summed E-state index contributed by atoms with van der Waals surface area (Å²) >= 11 is 0. The van der Waals surface area contributed by atoms with Crippen LogP contribution in [0.25, 0.3) is 44.5 Å². The van der Waals surface area contributed by atoms with Gasteiger partial charge in [-0.05, 0) is 103 Å². The summed E-state index contributed by atoms with van der Waals surface area (Å²) in [6.07, 6.45) is 0. The molecule has 0 aromatic heterocycles. The van der Waals surface area contributed by atoms with Gasteiger partial charge in [-0.1, -0.05) is 163 Å². The monoisotopic (exact) mass is 669 g/mol. The summed E-state index contributed by atoms with van der Waals surface area (Å²) in [6, 6.07) is 57.1. The molecular weight excluding hydrogens is 627 g/mol. The van der Waals surface area contributed by atoms with Crippen LogP contribution in [0.15, 0.2) is 152 Å². The lowest BCUT2D eigenvalue weighted by Crippen LogP contribution is -2.17. The second kappa shape index (κ2) is 10.7. The lowest BCUT2D eigenvalue weighted by Gasteiger charge is -2.30. The maximum Gasteiger partial charge on any atom is 0.0543 e. The van der Waals surface area contributed by atoms with Gasteiger partial charge in [0.25, 0.3) is 0 Å². The molecule has 0 bridgehead atoms. The Morgan fingerprint density at radius 3 is 1.54 bits per heavy atom. The summed E-state index contributed by atoms with van der Waals surface area (Å²) in [5, 5.41) is 0. The first-order chi connectivity index (χ1) is 25.1. The third-order valence-corrected chi connectivity index (χ3v) is 12.7. The van der Waals surface area contributed by atoms with Gasteiger partial charge in [-0.15, -0.1) is 0 Å². The molecule has 0 saturated heterocycles. The molecule has 0 unspecified atom stereocenters. The van der Waals surface area contributed by atoms with Crippen LogP contribution in [0.4, 0.5) is 17.1 Å². The van der Waals surface area contributed by atoms with E-state index in [1.165, 1.54) is 89.3 Å². The summed E-state index contributed by atoms with van der Waals surface area (Å²) in [5.74, 6) is 0. The molecule has 0 amide bonds. The van der Waals surface area contributed by atoms with Crippen molar-refractivity contribution in [3.8, 4) is 44.5 Å². The molecule has 10 rings (SSSR count). The van der Waals surface area contributed by atoms with E-state index in [-0.39, 0.29) is 16.2 Å². The van der Waals surface area contributed by atoms with Crippen LogP contribution in [0.3, 0.4) is 0 Å². The van der Waals surface area contributed by atoms with E-state index in [1.54, 1.807) is 0 Å². The minimum absolute atomic E-state index is 0.0766. The average molecular weight is 670 g/mol. The molecule has 0 fully saturated rings. The molecule has 3 aliphatic rings. The van der Waals surface area contributed by atoms with E-state index >= 15 is 0 Å². The maximum absolute atomic E-state index is 2.51. The van der Waals surface area contributed by atoms with E-state index in [2.05, 4.69) is 198 Å². The fourth-order valence-corrected chi connectivity index (χ4v) is 10.1. The molecule has 0 spiro atoms. The maximum atomic E-state index is 2.51. The van der Waals surface area contributed by atoms with Crippen molar-refractivity contribution < 1.29 is 0 Å². The van der Waals surface area contributed by atoms with Gasteiger partial charge in [-0.3, -0.25) is 0 Å². The summed E-state index contributed by atoms with van der Waals surface area (Å²) < 4.78 is 0. The van der Waals surface area contributed by atoms with Gasteiger partial charge in [0, 0.05) is 33.2 Å². The van der Waals surface area contributed by atoms with E-state index in [0.29, 0.717) is 0 Å². The molecule has 1 nitrogen and oxygen atoms in total. The van der Waals surface area contributed by atoms with E-state index < -0.39 is 0 Å². The highest BCUT2D eigenvalue weighted by molar-refractivity contribution is 5.96. The molecule has 252 valence electrons. The fourth-order valence-electron chi connectivity index (χ4n) is 10.1. The van der Waals surface area contributed by atoms with Crippen molar-refractivity contribution in [3.63, 3.8) is 0 Å². The second-order valence-corrected chi connectivity index (χ2v) is 16.6. The van der Waals surface area contributed by atoms with Crippen LogP contribution in [-0.2, 0) is 16.2 Å². The first-order valence-electron chi connectivity index (χ1n) is 18.7. The number of nitrogens with zero attached hydrogens (tertiary/aromatic N) is 1. The topological polar surface area (TPSA) is 3.24 Å². The quantitative estimate of drug-likeness (QED) is 0.180. The third-order valence-electron chi connectivity index (χ3n) is 12.7. The van der Waals surface area contributed by atoms with Gasteiger partial charge < -0.3 is 4.90 Å². The van der Waals surface area contributed by atoms with Gasteiger partial charge in [-0.25, -0.2) is 0 Å². The number of fused-ring (bicyclic) bond motifs is 9. The Morgan fingerprint density at radius 2 is 0.827 bits per heavy atom. The average Bonchev–Trinajstić information content (AvgIpc) is 3.65. The second-order valence-electron chi connectivity index (χ2n) is 16.6. The van der Waals surface area contributed by atoms with Gasteiger partial charge in [0.05, 0.1) is 5.69 Å². The standard InChI is InChI=1S/C51H43N/c1-49(2)43-22-12-9-17-40(43)47-44(49)23-14-24-46(47)52(34-29-30-38-36-15-7-10-20-41(36)50(3,4)45(38)31-34)33-27-25-32(26-28-33)35-18-13-19-39-37-16-8-11-21-42(37)51(5,6)48(35)39/h7-31H,1-6H3. The molecule has 0 heterocycles. The Hall–Kier alpha value is -5.66. The number of hydrogen-bond donors (Lipinski definition) is 0. The SMILES string of the molecule is CC1(C)c2ccccc2-c2ccc(N(c3ccc(-c4cccc5c4C(C)(C)c4ccccc4-5)cc3)c3cccc4c3-c3ccccc3C4(C)C)cc21. The molecule has 0 N–H and O–H groups in total. The Labute approximate surface area is 308 Å². The van der Waals surface area contributed by atoms with Crippen molar-refractivity contribution in [2.45, 2.75) is 57.8 Å². The van der Waals surface area contributed by atoms with Gasteiger partial charge in [0.2, 0.25) is 0 Å². The van der Waals surface area contributed by atoms with Crippen molar-refractivity contribution >= 4 is 17.1 Å². The van der Waals surface area contributed by atoms with E-state index in [9.17, 15) is 0 Å². The molecule has 1 heteroatoms. The van der Waals surface area contributed by atoms with Crippen LogP contribution in [0.5, 0.6) is 0 Å². The summed E-state index contributed by atoms with van der Waals surface area (Å²) in [6.45, 7) is 14.2. The number of hydrogen-bond acceptors (Lipinski definition) is 1. The number of anilines is 3. The van der Waals surface area contributed by atoms with Crippen LogP contribution in [0, 0.1) is 0 Å². The van der Waals surface area contributed by atoms with Crippen molar-refractivity contribution in [2.24, 2.45) is 0 Å². The van der Waals surface area contributed by atoms with E-state index in [1.807, 2.05) is 0 Å². The molecule has 0 aliphatic heterocycles. The lowest BCUT2D eigenvalue weighted by molar-refractivity contribution is 0.660. The molecule has 3 aliphatic carbocycles. The first kappa shape index (κ1) is 31.1. The molecule has 52 heavy (non-hydrogen) atoms. The lowest BCUT2D eigenvalue weighted by atomic mass is 9.79. The van der Waals surface area contributed by atoms with Crippen molar-refractivity contribution in [2.75, 3.05) is 4.90 Å². The van der Waals surface area contributed by atoms with Crippen molar-refractivity contribution in [1.29, 1.82) is 0 Å². The predicted molar refractivity (Wildman–Crippen MR) is 219 cm³/mol. The van der Waals surface area contributed by atoms with Gasteiger partial charge in [-0.2, -0.15) is 0 Å².